The number of aryl methyl sites for hydroxylation is 2. The first kappa shape index (κ1) is 27.5. The van der Waals surface area contributed by atoms with Crippen molar-refractivity contribution in [2.45, 2.75) is 97.3 Å². The Labute approximate surface area is 227 Å². The van der Waals surface area contributed by atoms with Crippen molar-refractivity contribution in [1.29, 1.82) is 0 Å². The summed E-state index contributed by atoms with van der Waals surface area (Å²) in [4.78, 5) is 0. The van der Waals surface area contributed by atoms with Crippen molar-refractivity contribution in [3.8, 4) is 11.1 Å². The Kier molecular flexibility index (Phi) is 10.3. The first-order chi connectivity index (χ1) is 18.1. The summed E-state index contributed by atoms with van der Waals surface area (Å²) < 4.78 is 21.7. The molecule has 0 radical (unpaired) electrons. The van der Waals surface area contributed by atoms with Crippen LogP contribution >= 0.6 is 12.2 Å². The first-order valence-electron chi connectivity index (χ1n) is 14.4. The normalized spacial score (nSPS) is 11.5. The van der Waals surface area contributed by atoms with E-state index in [1.165, 1.54) is 63.4 Å². The van der Waals surface area contributed by atoms with Gasteiger partial charge in [-0.25, -0.2) is 4.39 Å². The molecule has 0 aliphatic carbocycles. The molecule has 0 aliphatic rings. The van der Waals surface area contributed by atoms with Gasteiger partial charge in [0.2, 0.25) is 0 Å². The summed E-state index contributed by atoms with van der Waals surface area (Å²) in [5, 5.41) is 2.60. The van der Waals surface area contributed by atoms with Crippen molar-refractivity contribution < 1.29 is 8.81 Å². The summed E-state index contributed by atoms with van der Waals surface area (Å²) in [7, 11) is 0. The van der Waals surface area contributed by atoms with Gasteiger partial charge >= 0.3 is 0 Å². The van der Waals surface area contributed by atoms with E-state index in [4.69, 9.17) is 16.6 Å². The van der Waals surface area contributed by atoms with Gasteiger partial charge in [0, 0.05) is 10.8 Å². The number of hydrogen-bond acceptors (Lipinski definition) is 2. The summed E-state index contributed by atoms with van der Waals surface area (Å²) in [6.07, 6.45) is 15.5. The van der Waals surface area contributed by atoms with Crippen LogP contribution < -0.4 is 0 Å². The van der Waals surface area contributed by atoms with Gasteiger partial charge in [-0.3, -0.25) is 0 Å². The second-order valence-electron chi connectivity index (χ2n) is 10.4. The molecule has 0 amide bonds. The molecular weight excluding hydrogens is 475 g/mol. The van der Waals surface area contributed by atoms with Crippen LogP contribution in [0.25, 0.3) is 32.9 Å². The van der Waals surface area contributed by atoms with Gasteiger partial charge in [0.25, 0.3) is 0 Å². The number of fused-ring (bicyclic) bond motifs is 3. The minimum Gasteiger partial charge on any atom is -0.441 e. The fraction of sp³-hybridized carbons (Fsp3) is 0.441. The van der Waals surface area contributed by atoms with E-state index in [1.54, 1.807) is 0 Å². The maximum atomic E-state index is 15.4. The highest BCUT2D eigenvalue weighted by Crippen LogP contribution is 2.33. The Morgan fingerprint density at radius 2 is 1.22 bits per heavy atom. The smallest absolute Gasteiger partial charge is 0.198 e. The minimum atomic E-state index is -0.254. The molecule has 0 aliphatic heterocycles. The van der Waals surface area contributed by atoms with Gasteiger partial charge in [-0.15, -0.1) is 0 Å². The van der Waals surface area contributed by atoms with Crippen LogP contribution in [0.15, 0.2) is 59.0 Å². The van der Waals surface area contributed by atoms with E-state index in [0.29, 0.717) is 10.3 Å². The zero-order chi connectivity index (χ0) is 26.0. The number of halogens is 1. The van der Waals surface area contributed by atoms with Crippen molar-refractivity contribution in [1.82, 2.24) is 0 Å². The number of benzene rings is 3. The topological polar surface area (TPSA) is 13.1 Å². The molecule has 0 saturated heterocycles. The molecule has 0 fully saturated rings. The van der Waals surface area contributed by atoms with E-state index in [-0.39, 0.29) is 5.82 Å². The standard InChI is InChI=1S/C34H41FOS/c1-3-5-7-8-9-10-11-13-15-27-20-23-30-29-22-21-28(24-31(29)34(37)36-33(30)32(27)35)26-18-16-25(17-19-26)14-12-6-4-2/h16-24H,3-15H2,1-2H3. The second-order valence-corrected chi connectivity index (χ2v) is 10.8. The van der Waals surface area contributed by atoms with Gasteiger partial charge in [-0.2, -0.15) is 0 Å². The number of hydrogen-bond donors (Lipinski definition) is 0. The maximum absolute atomic E-state index is 15.4. The molecule has 0 bridgehead atoms. The molecule has 1 aromatic heterocycles. The molecule has 4 rings (SSSR count). The molecule has 37 heavy (non-hydrogen) atoms. The van der Waals surface area contributed by atoms with Crippen LogP contribution in [0.2, 0.25) is 0 Å². The highest BCUT2D eigenvalue weighted by molar-refractivity contribution is 7.71. The van der Waals surface area contributed by atoms with Crippen molar-refractivity contribution in [3.05, 3.63) is 76.2 Å². The predicted octanol–water partition coefficient (Wildman–Crippen LogP) is 11.5. The third-order valence-corrected chi connectivity index (χ3v) is 7.86. The maximum Gasteiger partial charge on any atom is 0.198 e. The molecule has 1 nitrogen and oxygen atoms in total. The third-order valence-electron chi connectivity index (χ3n) is 7.56. The lowest BCUT2D eigenvalue weighted by Gasteiger charge is -2.10. The van der Waals surface area contributed by atoms with Crippen LogP contribution in [0.1, 0.15) is 95.6 Å². The molecule has 3 aromatic carbocycles. The zero-order valence-corrected chi connectivity index (χ0v) is 23.4. The van der Waals surface area contributed by atoms with Crippen molar-refractivity contribution >= 4 is 34.0 Å². The fourth-order valence-corrected chi connectivity index (χ4v) is 5.52. The summed E-state index contributed by atoms with van der Waals surface area (Å²) >= 11 is 5.61. The highest BCUT2D eigenvalue weighted by atomic mass is 32.1. The van der Waals surface area contributed by atoms with Crippen LogP contribution in [0.4, 0.5) is 4.39 Å². The van der Waals surface area contributed by atoms with Gasteiger partial charge in [0.1, 0.15) is 0 Å². The van der Waals surface area contributed by atoms with E-state index in [2.05, 4.69) is 56.3 Å². The second kappa shape index (κ2) is 13.9. The van der Waals surface area contributed by atoms with E-state index < -0.39 is 0 Å². The van der Waals surface area contributed by atoms with Crippen molar-refractivity contribution in [2.75, 3.05) is 0 Å². The summed E-state index contributed by atoms with van der Waals surface area (Å²) in [6, 6.07) is 19.0. The van der Waals surface area contributed by atoms with Crippen LogP contribution in [-0.2, 0) is 12.8 Å². The predicted molar refractivity (Wildman–Crippen MR) is 159 cm³/mol. The quantitative estimate of drug-likeness (QED) is 0.0939. The highest BCUT2D eigenvalue weighted by Gasteiger charge is 2.14. The molecule has 0 spiro atoms. The SMILES string of the molecule is CCCCCCCCCCc1ccc2c(oc(=S)c3cc(-c4ccc(CCCCC)cc4)ccc32)c1F. The lowest BCUT2D eigenvalue weighted by Crippen LogP contribution is -1.94. The Balaban J connectivity index is 1.49. The monoisotopic (exact) mass is 516 g/mol. The number of rotatable bonds is 14. The van der Waals surface area contributed by atoms with Gasteiger partial charge in [-0.1, -0.05) is 120 Å². The zero-order valence-electron chi connectivity index (χ0n) is 22.6. The van der Waals surface area contributed by atoms with Gasteiger partial charge < -0.3 is 4.42 Å². The molecule has 0 atom stereocenters. The summed E-state index contributed by atoms with van der Waals surface area (Å²) in [6.45, 7) is 4.48. The Hall–Kier alpha value is -2.52. The van der Waals surface area contributed by atoms with E-state index in [1.807, 2.05) is 12.1 Å². The van der Waals surface area contributed by atoms with Gasteiger partial charge in [0.15, 0.2) is 16.1 Å². The van der Waals surface area contributed by atoms with Gasteiger partial charge in [0.05, 0.1) is 0 Å². The fourth-order valence-electron chi connectivity index (χ4n) is 5.27. The van der Waals surface area contributed by atoms with Gasteiger partial charge in [-0.05, 0) is 71.6 Å². The van der Waals surface area contributed by atoms with E-state index >= 15 is 4.39 Å². The average Bonchev–Trinajstić information content (AvgIpc) is 2.92. The Morgan fingerprint density at radius 3 is 1.95 bits per heavy atom. The molecule has 3 heteroatoms. The summed E-state index contributed by atoms with van der Waals surface area (Å²) in [5.41, 5.74) is 4.65. The number of unbranched alkanes of at least 4 members (excludes halogenated alkanes) is 9. The molecule has 196 valence electrons. The molecule has 1 heterocycles. The van der Waals surface area contributed by atoms with Crippen LogP contribution in [0.5, 0.6) is 0 Å². The largest absolute Gasteiger partial charge is 0.441 e. The van der Waals surface area contributed by atoms with E-state index in [9.17, 15) is 0 Å². The molecule has 0 saturated carbocycles. The Bertz CT molecular complexity index is 1350. The third kappa shape index (κ3) is 7.08. The molecule has 0 unspecified atom stereocenters. The molecule has 0 N–H and O–H groups in total. The van der Waals surface area contributed by atoms with Crippen molar-refractivity contribution in [2.24, 2.45) is 0 Å². The van der Waals surface area contributed by atoms with Crippen molar-refractivity contribution in [3.63, 3.8) is 0 Å². The average molecular weight is 517 g/mol. The van der Waals surface area contributed by atoms with Crippen LogP contribution in [-0.4, -0.2) is 0 Å². The lowest BCUT2D eigenvalue weighted by molar-refractivity contribution is 0.533. The summed E-state index contributed by atoms with van der Waals surface area (Å²) in [5.74, 6) is -0.254. The molecule has 4 aromatic rings. The molecular formula is C34H41FOS. The first-order valence-corrected chi connectivity index (χ1v) is 14.8. The van der Waals surface area contributed by atoms with Crippen LogP contribution in [0.3, 0.4) is 0 Å². The van der Waals surface area contributed by atoms with Crippen LogP contribution in [0, 0.1) is 10.5 Å². The van der Waals surface area contributed by atoms with E-state index in [0.717, 1.165) is 58.5 Å². The lowest BCUT2D eigenvalue weighted by atomic mass is 9.97. The minimum absolute atomic E-state index is 0.254. The Morgan fingerprint density at radius 1 is 0.622 bits per heavy atom.